The van der Waals surface area contributed by atoms with Crippen molar-refractivity contribution < 1.29 is 14.3 Å². The van der Waals surface area contributed by atoms with Gasteiger partial charge in [0.15, 0.2) is 0 Å². The van der Waals surface area contributed by atoms with E-state index in [2.05, 4.69) is 15.8 Å². The highest BCUT2D eigenvalue weighted by Crippen LogP contribution is 2.14. The van der Waals surface area contributed by atoms with E-state index >= 15 is 0 Å². The van der Waals surface area contributed by atoms with E-state index < -0.39 is 5.91 Å². The molecule has 124 valence electrons. The van der Waals surface area contributed by atoms with Crippen molar-refractivity contribution in [3.63, 3.8) is 0 Å². The summed E-state index contributed by atoms with van der Waals surface area (Å²) in [6, 6.07) is 13.7. The number of halogens is 1. The number of hydrazone groups is 1. The van der Waals surface area contributed by atoms with Crippen molar-refractivity contribution in [2.24, 2.45) is 5.10 Å². The predicted octanol–water partition coefficient (Wildman–Crippen LogP) is 2.23. The van der Waals surface area contributed by atoms with Crippen molar-refractivity contribution in [3.05, 3.63) is 64.7 Å². The third-order valence-electron chi connectivity index (χ3n) is 3.03. The maximum Gasteiger partial charge on any atom is 0.259 e. The van der Waals surface area contributed by atoms with E-state index in [1.54, 1.807) is 37.4 Å². The molecule has 0 aliphatic rings. The molecule has 0 unspecified atom stereocenters. The van der Waals surface area contributed by atoms with Crippen LogP contribution in [0.2, 0.25) is 5.02 Å². The molecule has 0 spiro atoms. The Morgan fingerprint density at radius 3 is 2.75 bits per heavy atom. The fourth-order valence-electron chi connectivity index (χ4n) is 1.88. The number of para-hydroxylation sites is 1. The molecule has 0 heterocycles. The van der Waals surface area contributed by atoms with Crippen LogP contribution in [0.3, 0.4) is 0 Å². The number of carbonyl (C=O) groups excluding carboxylic acids is 2. The molecule has 0 aliphatic heterocycles. The van der Waals surface area contributed by atoms with Gasteiger partial charge in [0.1, 0.15) is 5.75 Å². The van der Waals surface area contributed by atoms with Gasteiger partial charge in [0.05, 0.1) is 19.9 Å². The zero-order chi connectivity index (χ0) is 17.4. The van der Waals surface area contributed by atoms with Crippen LogP contribution in [0.15, 0.2) is 53.6 Å². The van der Waals surface area contributed by atoms with Crippen molar-refractivity contribution in [2.75, 3.05) is 13.7 Å². The molecule has 0 radical (unpaired) electrons. The lowest BCUT2D eigenvalue weighted by molar-refractivity contribution is -0.120. The minimum absolute atomic E-state index is 0.200. The SMILES string of the molecule is COc1ccccc1/C=N/NC(=O)CNC(=O)c1cccc(Cl)c1. The first-order valence-corrected chi connectivity index (χ1v) is 7.46. The van der Waals surface area contributed by atoms with E-state index in [9.17, 15) is 9.59 Å². The highest BCUT2D eigenvalue weighted by atomic mass is 35.5. The van der Waals surface area contributed by atoms with E-state index in [-0.39, 0.29) is 12.5 Å². The van der Waals surface area contributed by atoms with Gasteiger partial charge in [0, 0.05) is 16.1 Å². The molecule has 2 rings (SSSR count). The predicted molar refractivity (Wildman–Crippen MR) is 92.5 cm³/mol. The number of benzene rings is 2. The highest BCUT2D eigenvalue weighted by molar-refractivity contribution is 6.30. The summed E-state index contributed by atoms with van der Waals surface area (Å²) >= 11 is 5.81. The molecule has 24 heavy (non-hydrogen) atoms. The van der Waals surface area contributed by atoms with Gasteiger partial charge in [-0.3, -0.25) is 9.59 Å². The summed E-state index contributed by atoms with van der Waals surface area (Å²) in [4.78, 5) is 23.6. The normalized spacial score (nSPS) is 10.4. The van der Waals surface area contributed by atoms with Crippen LogP contribution in [-0.4, -0.2) is 31.7 Å². The van der Waals surface area contributed by atoms with Crippen molar-refractivity contribution in [1.82, 2.24) is 10.7 Å². The molecule has 0 fully saturated rings. The second kappa shape index (κ2) is 8.69. The number of amides is 2. The van der Waals surface area contributed by atoms with Crippen LogP contribution in [0.5, 0.6) is 5.75 Å². The van der Waals surface area contributed by atoms with Crippen LogP contribution in [0.4, 0.5) is 0 Å². The van der Waals surface area contributed by atoms with Crippen LogP contribution in [0.25, 0.3) is 0 Å². The quantitative estimate of drug-likeness (QED) is 0.622. The van der Waals surface area contributed by atoms with E-state index in [1.807, 2.05) is 12.1 Å². The standard InChI is InChI=1S/C17H16ClN3O3/c1-24-15-8-3-2-5-13(15)10-20-21-16(22)11-19-17(23)12-6-4-7-14(18)9-12/h2-10H,11H2,1H3,(H,19,23)(H,21,22)/b20-10+. The lowest BCUT2D eigenvalue weighted by atomic mass is 10.2. The van der Waals surface area contributed by atoms with Gasteiger partial charge in [-0.15, -0.1) is 0 Å². The van der Waals surface area contributed by atoms with Gasteiger partial charge >= 0.3 is 0 Å². The smallest absolute Gasteiger partial charge is 0.259 e. The molecular weight excluding hydrogens is 330 g/mol. The minimum atomic E-state index is -0.448. The van der Waals surface area contributed by atoms with Gasteiger partial charge in [-0.05, 0) is 30.3 Å². The topological polar surface area (TPSA) is 79.8 Å². The Morgan fingerprint density at radius 2 is 2.00 bits per heavy atom. The highest BCUT2D eigenvalue weighted by Gasteiger charge is 2.07. The number of carbonyl (C=O) groups is 2. The molecule has 0 aliphatic carbocycles. The Hall–Kier alpha value is -2.86. The maximum absolute atomic E-state index is 11.9. The van der Waals surface area contributed by atoms with Crippen LogP contribution >= 0.6 is 11.6 Å². The number of methoxy groups -OCH3 is 1. The summed E-state index contributed by atoms with van der Waals surface area (Å²) in [5.74, 6) is -0.192. The zero-order valence-electron chi connectivity index (χ0n) is 13.0. The minimum Gasteiger partial charge on any atom is -0.496 e. The van der Waals surface area contributed by atoms with Crippen LogP contribution in [-0.2, 0) is 4.79 Å². The fourth-order valence-corrected chi connectivity index (χ4v) is 2.07. The number of nitrogens with one attached hydrogen (secondary N) is 2. The number of ether oxygens (including phenoxy) is 1. The monoisotopic (exact) mass is 345 g/mol. The molecule has 0 saturated carbocycles. The van der Waals surface area contributed by atoms with Gasteiger partial charge in [0.2, 0.25) is 0 Å². The number of hydrogen-bond donors (Lipinski definition) is 2. The van der Waals surface area contributed by atoms with Gasteiger partial charge in [-0.25, -0.2) is 5.43 Å². The summed E-state index contributed by atoms with van der Waals surface area (Å²) in [5.41, 5.74) is 3.44. The molecule has 2 aromatic rings. The second-order valence-electron chi connectivity index (χ2n) is 4.73. The average Bonchev–Trinajstić information content (AvgIpc) is 2.60. The van der Waals surface area contributed by atoms with Crippen LogP contribution in [0, 0.1) is 0 Å². The molecule has 0 aromatic heterocycles. The van der Waals surface area contributed by atoms with E-state index in [4.69, 9.17) is 16.3 Å². The first kappa shape index (κ1) is 17.5. The van der Waals surface area contributed by atoms with Gasteiger partial charge < -0.3 is 10.1 Å². The fraction of sp³-hybridized carbons (Fsp3) is 0.118. The molecule has 2 N–H and O–H groups in total. The van der Waals surface area contributed by atoms with Gasteiger partial charge in [0.25, 0.3) is 11.8 Å². The Bertz CT molecular complexity index is 762. The number of nitrogens with zero attached hydrogens (tertiary/aromatic N) is 1. The van der Waals surface area contributed by atoms with E-state index in [1.165, 1.54) is 12.3 Å². The summed E-state index contributed by atoms with van der Waals surface area (Å²) < 4.78 is 5.17. The molecule has 2 aromatic carbocycles. The Morgan fingerprint density at radius 1 is 1.21 bits per heavy atom. The summed E-state index contributed by atoms with van der Waals surface area (Å²) in [5, 5.41) is 6.78. The van der Waals surface area contributed by atoms with Crippen molar-refractivity contribution >= 4 is 29.6 Å². The average molecular weight is 346 g/mol. The van der Waals surface area contributed by atoms with Crippen molar-refractivity contribution in [1.29, 1.82) is 0 Å². The Balaban J connectivity index is 1.83. The third kappa shape index (κ3) is 5.10. The van der Waals surface area contributed by atoms with Crippen molar-refractivity contribution in [2.45, 2.75) is 0 Å². The molecule has 6 nitrogen and oxygen atoms in total. The first-order valence-electron chi connectivity index (χ1n) is 7.09. The first-order chi connectivity index (χ1) is 11.6. The summed E-state index contributed by atoms with van der Waals surface area (Å²) in [6.45, 7) is -0.200. The Labute approximate surface area is 144 Å². The van der Waals surface area contributed by atoms with E-state index in [0.717, 1.165) is 5.56 Å². The number of hydrogen-bond acceptors (Lipinski definition) is 4. The molecule has 0 bridgehead atoms. The van der Waals surface area contributed by atoms with E-state index in [0.29, 0.717) is 16.3 Å². The zero-order valence-corrected chi connectivity index (χ0v) is 13.7. The lowest BCUT2D eigenvalue weighted by Crippen LogP contribution is -2.34. The molecule has 2 amide bonds. The van der Waals surface area contributed by atoms with Crippen molar-refractivity contribution in [3.8, 4) is 5.75 Å². The molecule has 7 heteroatoms. The molecular formula is C17H16ClN3O3. The summed E-state index contributed by atoms with van der Waals surface area (Å²) in [7, 11) is 1.55. The second-order valence-corrected chi connectivity index (χ2v) is 5.16. The third-order valence-corrected chi connectivity index (χ3v) is 3.26. The van der Waals surface area contributed by atoms with Crippen LogP contribution < -0.4 is 15.5 Å². The lowest BCUT2D eigenvalue weighted by Gasteiger charge is -2.05. The summed E-state index contributed by atoms with van der Waals surface area (Å²) in [6.07, 6.45) is 1.47. The van der Waals surface area contributed by atoms with Crippen LogP contribution in [0.1, 0.15) is 15.9 Å². The molecule has 0 atom stereocenters. The molecule has 0 saturated heterocycles. The largest absolute Gasteiger partial charge is 0.496 e. The van der Waals surface area contributed by atoms with Gasteiger partial charge in [-0.2, -0.15) is 5.10 Å². The Kier molecular flexibility index (Phi) is 6.33. The maximum atomic E-state index is 11.9. The number of rotatable bonds is 6. The van der Waals surface area contributed by atoms with Gasteiger partial charge in [-0.1, -0.05) is 29.8 Å².